The minimum atomic E-state index is -0.425. The molecule has 0 aliphatic heterocycles. The fourth-order valence-corrected chi connectivity index (χ4v) is 3.20. The number of nitrogens with one attached hydrogen (secondary N) is 1. The van der Waals surface area contributed by atoms with Gasteiger partial charge in [0.25, 0.3) is 5.91 Å². The van der Waals surface area contributed by atoms with Crippen LogP contribution in [0, 0.1) is 0 Å². The van der Waals surface area contributed by atoms with Crippen molar-refractivity contribution in [2.45, 2.75) is 20.0 Å². The van der Waals surface area contributed by atoms with Crippen molar-refractivity contribution in [3.63, 3.8) is 0 Å². The van der Waals surface area contributed by atoms with Gasteiger partial charge in [0.2, 0.25) is 0 Å². The van der Waals surface area contributed by atoms with E-state index in [9.17, 15) is 9.59 Å². The van der Waals surface area contributed by atoms with Crippen molar-refractivity contribution in [1.29, 1.82) is 0 Å². The van der Waals surface area contributed by atoms with Crippen molar-refractivity contribution in [2.75, 3.05) is 13.2 Å². The number of rotatable bonds is 9. The minimum absolute atomic E-state index is 0.157. The summed E-state index contributed by atoms with van der Waals surface area (Å²) in [7, 11) is 0. The molecule has 0 heterocycles. The first-order valence-corrected chi connectivity index (χ1v) is 10.2. The summed E-state index contributed by atoms with van der Waals surface area (Å²) in [5.74, 6) is 0.269. The molecule has 2 aromatic carbocycles. The van der Waals surface area contributed by atoms with Crippen LogP contribution in [0.2, 0.25) is 0 Å². The number of ether oxygens (including phenoxy) is 3. The fourth-order valence-electron chi connectivity index (χ4n) is 2.04. The van der Waals surface area contributed by atoms with Crippen molar-refractivity contribution in [2.24, 2.45) is 5.10 Å². The summed E-state index contributed by atoms with van der Waals surface area (Å²) in [6.45, 7) is 3.22. The van der Waals surface area contributed by atoms with E-state index in [1.165, 1.54) is 6.21 Å². The summed E-state index contributed by atoms with van der Waals surface area (Å²) in [5, 5.41) is 3.89. The van der Waals surface area contributed by atoms with Crippen LogP contribution in [0.1, 0.15) is 19.4 Å². The van der Waals surface area contributed by atoms with E-state index in [4.69, 9.17) is 14.2 Å². The number of benzene rings is 2. The molecule has 0 unspecified atom stereocenters. The lowest BCUT2D eigenvalue weighted by atomic mass is 10.2. The normalized spacial score (nSPS) is 10.8. The predicted molar refractivity (Wildman–Crippen MR) is 116 cm³/mol. The number of esters is 1. The molecule has 0 fully saturated rings. The third kappa shape index (κ3) is 8.66. The fraction of sp³-hybridized carbons (Fsp3) is 0.250. The second kappa shape index (κ2) is 11.6. The molecule has 29 heavy (non-hydrogen) atoms. The molecule has 0 aliphatic carbocycles. The van der Waals surface area contributed by atoms with E-state index in [0.717, 1.165) is 14.5 Å². The third-order valence-corrected chi connectivity index (χ3v) is 4.37. The number of carbonyl (C=O) groups excluding carboxylic acids is 2. The van der Waals surface area contributed by atoms with Gasteiger partial charge in [-0.25, -0.2) is 10.2 Å². The maximum Gasteiger partial charge on any atom is 0.344 e. The highest BCUT2D eigenvalue weighted by atomic mass is 79.9. The molecule has 2 aromatic rings. The van der Waals surface area contributed by atoms with Crippen LogP contribution in [0.25, 0.3) is 0 Å². The molecule has 0 atom stereocenters. The summed E-state index contributed by atoms with van der Waals surface area (Å²) in [6, 6.07) is 12.3. The average molecular weight is 528 g/mol. The molecule has 0 bridgehead atoms. The van der Waals surface area contributed by atoms with Crippen LogP contribution in [0.3, 0.4) is 0 Å². The van der Waals surface area contributed by atoms with E-state index < -0.39 is 5.97 Å². The third-order valence-electron chi connectivity index (χ3n) is 3.26. The standard InChI is InChI=1S/C20H20Br2N2O5/c1-13(2)29-20(26)12-27-16-6-3-14(4-7-16)10-23-24-19(25)11-28-18-8-5-15(21)9-17(18)22/h3-10,13H,11-12H2,1-2H3,(H,24,25)/b23-10+. The van der Waals surface area contributed by atoms with Crippen LogP contribution in [-0.4, -0.2) is 37.4 Å². The molecule has 9 heteroatoms. The van der Waals surface area contributed by atoms with E-state index in [0.29, 0.717) is 11.5 Å². The SMILES string of the molecule is CC(C)OC(=O)COc1ccc(/C=N/NC(=O)COc2ccc(Br)cc2Br)cc1. The molecule has 0 saturated heterocycles. The lowest BCUT2D eigenvalue weighted by Crippen LogP contribution is -2.24. The van der Waals surface area contributed by atoms with Crippen molar-refractivity contribution in [3.05, 3.63) is 57.0 Å². The van der Waals surface area contributed by atoms with Crippen LogP contribution in [-0.2, 0) is 14.3 Å². The minimum Gasteiger partial charge on any atom is -0.483 e. The van der Waals surface area contributed by atoms with E-state index in [-0.39, 0.29) is 25.2 Å². The maximum atomic E-state index is 11.8. The molecular weight excluding hydrogens is 508 g/mol. The number of amides is 1. The maximum absolute atomic E-state index is 11.8. The lowest BCUT2D eigenvalue weighted by Gasteiger charge is -2.09. The number of carbonyl (C=O) groups is 2. The lowest BCUT2D eigenvalue weighted by molar-refractivity contribution is -0.149. The molecule has 1 N–H and O–H groups in total. The summed E-state index contributed by atoms with van der Waals surface area (Å²) >= 11 is 6.71. The summed E-state index contributed by atoms with van der Waals surface area (Å²) in [4.78, 5) is 23.3. The summed E-state index contributed by atoms with van der Waals surface area (Å²) < 4.78 is 17.4. The van der Waals surface area contributed by atoms with Crippen molar-refractivity contribution in [1.82, 2.24) is 5.43 Å². The largest absolute Gasteiger partial charge is 0.483 e. The van der Waals surface area contributed by atoms with E-state index in [1.807, 2.05) is 12.1 Å². The summed E-state index contributed by atoms with van der Waals surface area (Å²) in [5.41, 5.74) is 3.14. The van der Waals surface area contributed by atoms with Crippen LogP contribution in [0.4, 0.5) is 0 Å². The Bertz CT molecular complexity index is 870. The zero-order valence-corrected chi connectivity index (χ0v) is 19.0. The number of halogens is 2. The molecule has 0 spiro atoms. The molecule has 0 aromatic heterocycles. The van der Waals surface area contributed by atoms with Crippen molar-refractivity contribution >= 4 is 50.0 Å². The highest BCUT2D eigenvalue weighted by Gasteiger charge is 2.07. The molecule has 0 saturated carbocycles. The first-order chi connectivity index (χ1) is 13.8. The van der Waals surface area contributed by atoms with Gasteiger partial charge in [0.05, 0.1) is 16.8 Å². The molecule has 0 aliphatic rings. The Morgan fingerprint density at radius 3 is 2.45 bits per heavy atom. The van der Waals surface area contributed by atoms with Gasteiger partial charge < -0.3 is 14.2 Å². The Morgan fingerprint density at radius 2 is 1.79 bits per heavy atom. The monoisotopic (exact) mass is 526 g/mol. The second-order valence-corrected chi connectivity index (χ2v) is 7.82. The Hall–Kier alpha value is -2.39. The van der Waals surface area contributed by atoms with Gasteiger partial charge >= 0.3 is 5.97 Å². The molecule has 0 radical (unpaired) electrons. The van der Waals surface area contributed by atoms with Gasteiger partial charge in [-0.05, 0) is 77.8 Å². The number of hydrogen-bond donors (Lipinski definition) is 1. The Balaban J connectivity index is 1.75. The smallest absolute Gasteiger partial charge is 0.344 e. The van der Waals surface area contributed by atoms with Crippen LogP contribution in [0.5, 0.6) is 11.5 Å². The number of nitrogens with zero attached hydrogens (tertiary/aromatic N) is 1. The van der Waals surface area contributed by atoms with E-state index in [2.05, 4.69) is 42.4 Å². The number of hydrogen-bond acceptors (Lipinski definition) is 6. The molecule has 154 valence electrons. The van der Waals surface area contributed by atoms with Crippen LogP contribution >= 0.6 is 31.9 Å². The molecule has 2 rings (SSSR count). The molecule has 7 nitrogen and oxygen atoms in total. The number of hydrazone groups is 1. The molecular formula is C20H20Br2N2O5. The predicted octanol–water partition coefficient (Wildman–Crippen LogP) is 4.07. The summed E-state index contributed by atoms with van der Waals surface area (Å²) in [6.07, 6.45) is 1.31. The topological polar surface area (TPSA) is 86.2 Å². The van der Waals surface area contributed by atoms with Gasteiger partial charge in [-0.1, -0.05) is 15.9 Å². The first-order valence-electron chi connectivity index (χ1n) is 8.65. The first kappa shape index (κ1) is 22.9. The Kier molecular flexibility index (Phi) is 9.14. The van der Waals surface area contributed by atoms with E-state index in [1.54, 1.807) is 44.2 Å². The van der Waals surface area contributed by atoms with Gasteiger partial charge in [0, 0.05) is 4.47 Å². The van der Waals surface area contributed by atoms with Crippen LogP contribution in [0.15, 0.2) is 56.5 Å². The van der Waals surface area contributed by atoms with E-state index >= 15 is 0 Å². The highest BCUT2D eigenvalue weighted by molar-refractivity contribution is 9.11. The van der Waals surface area contributed by atoms with Gasteiger partial charge in [-0.2, -0.15) is 5.10 Å². The molecule has 1 amide bonds. The average Bonchev–Trinajstić information content (AvgIpc) is 2.66. The quantitative estimate of drug-likeness (QED) is 0.302. The van der Waals surface area contributed by atoms with Crippen molar-refractivity contribution in [3.8, 4) is 11.5 Å². The van der Waals surface area contributed by atoms with Crippen LogP contribution < -0.4 is 14.9 Å². The Labute approximate surface area is 185 Å². The van der Waals surface area contributed by atoms with Gasteiger partial charge in [0.1, 0.15) is 11.5 Å². The van der Waals surface area contributed by atoms with Gasteiger partial charge in [-0.15, -0.1) is 0 Å². The second-order valence-electron chi connectivity index (χ2n) is 6.05. The van der Waals surface area contributed by atoms with Crippen molar-refractivity contribution < 1.29 is 23.8 Å². The van der Waals surface area contributed by atoms with Gasteiger partial charge in [-0.3, -0.25) is 4.79 Å². The van der Waals surface area contributed by atoms with Gasteiger partial charge in [0.15, 0.2) is 13.2 Å². The zero-order valence-electron chi connectivity index (χ0n) is 15.9. The Morgan fingerprint density at radius 1 is 1.07 bits per heavy atom. The zero-order chi connectivity index (χ0) is 21.2. The highest BCUT2D eigenvalue weighted by Crippen LogP contribution is 2.28.